The van der Waals surface area contributed by atoms with Gasteiger partial charge in [-0.2, -0.15) is 0 Å². The van der Waals surface area contributed by atoms with Gasteiger partial charge in [-0.15, -0.1) is 0 Å². The third kappa shape index (κ3) is 3.67. The standard InChI is InChI=1S/C15H21NO/c17-13-15-10-4-5-11-16(15)12-6-9-14-7-2-1-3-8-14/h1-3,7-8,13,15H,4-6,9-12H2. The third-order valence-electron chi connectivity index (χ3n) is 3.57. The molecule has 1 unspecified atom stereocenters. The van der Waals surface area contributed by atoms with E-state index in [1.54, 1.807) is 0 Å². The van der Waals surface area contributed by atoms with E-state index in [0.29, 0.717) is 0 Å². The van der Waals surface area contributed by atoms with Crippen molar-refractivity contribution in [3.63, 3.8) is 0 Å². The van der Waals surface area contributed by atoms with Crippen molar-refractivity contribution in [2.45, 2.75) is 38.1 Å². The largest absolute Gasteiger partial charge is 0.302 e. The number of hydrogen-bond acceptors (Lipinski definition) is 2. The molecule has 1 aromatic carbocycles. The van der Waals surface area contributed by atoms with Crippen LogP contribution in [0.3, 0.4) is 0 Å². The second kappa shape index (κ2) is 6.55. The number of benzene rings is 1. The molecule has 0 spiro atoms. The molecule has 2 rings (SSSR count). The van der Waals surface area contributed by atoms with Gasteiger partial charge in [0, 0.05) is 0 Å². The van der Waals surface area contributed by atoms with E-state index in [4.69, 9.17) is 0 Å². The lowest BCUT2D eigenvalue weighted by atomic mass is 10.0. The second-order valence-corrected chi connectivity index (χ2v) is 4.82. The number of piperidine rings is 1. The number of aryl methyl sites for hydroxylation is 1. The second-order valence-electron chi connectivity index (χ2n) is 4.82. The Morgan fingerprint density at radius 3 is 2.82 bits per heavy atom. The number of rotatable bonds is 5. The van der Waals surface area contributed by atoms with Crippen molar-refractivity contribution in [1.29, 1.82) is 0 Å². The topological polar surface area (TPSA) is 20.3 Å². The molecule has 1 heterocycles. The van der Waals surface area contributed by atoms with Gasteiger partial charge in [0.25, 0.3) is 0 Å². The highest BCUT2D eigenvalue weighted by Gasteiger charge is 2.20. The first kappa shape index (κ1) is 12.3. The molecule has 1 saturated heterocycles. The van der Waals surface area contributed by atoms with Crippen LogP contribution < -0.4 is 0 Å². The first-order valence-corrected chi connectivity index (χ1v) is 6.63. The van der Waals surface area contributed by atoms with Crippen LogP contribution in [-0.4, -0.2) is 30.3 Å². The SMILES string of the molecule is O=CC1CCCCN1CCCc1ccccc1. The number of nitrogens with zero attached hydrogens (tertiary/aromatic N) is 1. The maximum absolute atomic E-state index is 11.0. The summed E-state index contributed by atoms with van der Waals surface area (Å²) in [6.45, 7) is 2.15. The molecule has 0 N–H and O–H groups in total. The highest BCUT2D eigenvalue weighted by molar-refractivity contribution is 5.57. The van der Waals surface area contributed by atoms with Crippen molar-refractivity contribution >= 4 is 6.29 Å². The Hall–Kier alpha value is -1.15. The van der Waals surface area contributed by atoms with Crippen molar-refractivity contribution < 1.29 is 4.79 Å². The van der Waals surface area contributed by atoms with Gasteiger partial charge in [0.1, 0.15) is 6.29 Å². The number of carbonyl (C=O) groups excluding carboxylic acids is 1. The van der Waals surface area contributed by atoms with Gasteiger partial charge in [-0.05, 0) is 44.3 Å². The zero-order valence-electron chi connectivity index (χ0n) is 10.3. The smallest absolute Gasteiger partial charge is 0.137 e. The minimum absolute atomic E-state index is 0.180. The monoisotopic (exact) mass is 231 g/mol. The van der Waals surface area contributed by atoms with Crippen molar-refractivity contribution in [1.82, 2.24) is 4.90 Å². The minimum atomic E-state index is 0.180. The maximum Gasteiger partial charge on any atom is 0.137 e. The predicted molar refractivity (Wildman–Crippen MR) is 70.0 cm³/mol. The van der Waals surface area contributed by atoms with Crippen LogP contribution in [0.25, 0.3) is 0 Å². The van der Waals surface area contributed by atoms with E-state index in [1.807, 2.05) is 0 Å². The molecule has 2 nitrogen and oxygen atoms in total. The first-order valence-electron chi connectivity index (χ1n) is 6.63. The van der Waals surface area contributed by atoms with E-state index in [1.165, 1.54) is 18.4 Å². The normalized spacial score (nSPS) is 21.3. The van der Waals surface area contributed by atoms with Crippen LogP contribution in [0.4, 0.5) is 0 Å². The summed E-state index contributed by atoms with van der Waals surface area (Å²) in [7, 11) is 0. The van der Waals surface area contributed by atoms with Crippen LogP contribution in [0.1, 0.15) is 31.2 Å². The minimum Gasteiger partial charge on any atom is -0.302 e. The van der Waals surface area contributed by atoms with E-state index < -0.39 is 0 Å². The van der Waals surface area contributed by atoms with Crippen molar-refractivity contribution in [2.24, 2.45) is 0 Å². The Labute approximate surface area is 104 Å². The van der Waals surface area contributed by atoms with E-state index in [0.717, 1.165) is 38.6 Å². The van der Waals surface area contributed by atoms with Crippen molar-refractivity contribution in [3.05, 3.63) is 35.9 Å². The molecule has 1 aliphatic rings. The van der Waals surface area contributed by atoms with E-state index in [9.17, 15) is 4.79 Å². The maximum atomic E-state index is 11.0. The number of aldehydes is 1. The molecule has 1 aromatic rings. The fraction of sp³-hybridized carbons (Fsp3) is 0.533. The number of likely N-dealkylation sites (tertiary alicyclic amines) is 1. The molecular formula is C15H21NO. The van der Waals surface area contributed by atoms with Gasteiger partial charge < -0.3 is 4.79 Å². The molecular weight excluding hydrogens is 210 g/mol. The average molecular weight is 231 g/mol. The summed E-state index contributed by atoms with van der Waals surface area (Å²) in [4.78, 5) is 13.3. The van der Waals surface area contributed by atoms with Gasteiger partial charge in [0.15, 0.2) is 0 Å². The molecule has 92 valence electrons. The molecule has 1 fully saturated rings. The molecule has 0 aromatic heterocycles. The summed E-state index contributed by atoms with van der Waals surface area (Å²) in [5, 5.41) is 0. The van der Waals surface area contributed by atoms with E-state index >= 15 is 0 Å². The summed E-state index contributed by atoms with van der Waals surface area (Å²) in [6, 6.07) is 10.8. The van der Waals surface area contributed by atoms with E-state index in [2.05, 4.69) is 35.2 Å². The zero-order chi connectivity index (χ0) is 11.9. The Morgan fingerprint density at radius 1 is 1.24 bits per heavy atom. The van der Waals surface area contributed by atoms with Gasteiger partial charge in [-0.1, -0.05) is 36.8 Å². The van der Waals surface area contributed by atoms with Gasteiger partial charge in [-0.3, -0.25) is 4.90 Å². The van der Waals surface area contributed by atoms with Gasteiger partial charge in [0.05, 0.1) is 6.04 Å². The molecule has 2 heteroatoms. The average Bonchev–Trinajstić information content (AvgIpc) is 2.40. The highest BCUT2D eigenvalue weighted by Crippen LogP contribution is 2.16. The predicted octanol–water partition coefficient (Wildman–Crippen LogP) is 2.67. The lowest BCUT2D eigenvalue weighted by Gasteiger charge is -2.32. The van der Waals surface area contributed by atoms with Crippen molar-refractivity contribution in [2.75, 3.05) is 13.1 Å². The van der Waals surface area contributed by atoms with Crippen LogP contribution in [0.15, 0.2) is 30.3 Å². The van der Waals surface area contributed by atoms with Gasteiger partial charge in [-0.25, -0.2) is 0 Å². The summed E-state index contributed by atoms with van der Waals surface area (Å²) in [5.41, 5.74) is 1.40. The molecule has 0 bridgehead atoms. The lowest BCUT2D eigenvalue weighted by molar-refractivity contribution is -0.113. The first-order chi connectivity index (χ1) is 8.40. The van der Waals surface area contributed by atoms with Gasteiger partial charge >= 0.3 is 0 Å². The molecule has 0 amide bonds. The van der Waals surface area contributed by atoms with Crippen LogP contribution >= 0.6 is 0 Å². The van der Waals surface area contributed by atoms with Crippen LogP contribution in [-0.2, 0) is 11.2 Å². The highest BCUT2D eigenvalue weighted by atomic mass is 16.1. The van der Waals surface area contributed by atoms with Crippen LogP contribution in [0.5, 0.6) is 0 Å². The Morgan fingerprint density at radius 2 is 2.06 bits per heavy atom. The van der Waals surface area contributed by atoms with E-state index in [-0.39, 0.29) is 6.04 Å². The van der Waals surface area contributed by atoms with Gasteiger partial charge in [0.2, 0.25) is 0 Å². The molecule has 1 aliphatic heterocycles. The number of hydrogen-bond donors (Lipinski definition) is 0. The van der Waals surface area contributed by atoms with Crippen LogP contribution in [0, 0.1) is 0 Å². The molecule has 1 atom stereocenters. The Kier molecular flexibility index (Phi) is 4.75. The van der Waals surface area contributed by atoms with Crippen molar-refractivity contribution in [3.8, 4) is 0 Å². The molecule has 0 radical (unpaired) electrons. The quantitative estimate of drug-likeness (QED) is 0.726. The summed E-state index contributed by atoms with van der Waals surface area (Å²) < 4.78 is 0. The third-order valence-corrected chi connectivity index (χ3v) is 3.57. The lowest BCUT2D eigenvalue weighted by Crippen LogP contribution is -2.41. The molecule has 0 aliphatic carbocycles. The zero-order valence-corrected chi connectivity index (χ0v) is 10.3. The van der Waals surface area contributed by atoms with Crippen LogP contribution in [0.2, 0.25) is 0 Å². The fourth-order valence-corrected chi connectivity index (χ4v) is 2.58. The fourth-order valence-electron chi connectivity index (χ4n) is 2.58. The summed E-state index contributed by atoms with van der Waals surface area (Å²) >= 11 is 0. The Balaban J connectivity index is 1.75. The summed E-state index contributed by atoms with van der Waals surface area (Å²) in [5.74, 6) is 0. The number of carbonyl (C=O) groups is 1. The Bertz CT molecular complexity index is 336. The molecule has 0 saturated carbocycles. The molecule has 17 heavy (non-hydrogen) atoms. The summed E-state index contributed by atoms with van der Waals surface area (Å²) in [6.07, 6.45) is 6.89.